The van der Waals surface area contributed by atoms with E-state index in [9.17, 15) is 14.4 Å². The summed E-state index contributed by atoms with van der Waals surface area (Å²) in [5.74, 6) is -1.88. The van der Waals surface area contributed by atoms with E-state index >= 15 is 0 Å². The lowest BCUT2D eigenvalue weighted by molar-refractivity contribution is -0.138. The topological polar surface area (TPSA) is 87.7 Å². The maximum absolute atomic E-state index is 12.6. The largest absolute Gasteiger partial charge is 0.368 e. The fourth-order valence-electron chi connectivity index (χ4n) is 3.36. The van der Waals surface area contributed by atoms with Gasteiger partial charge in [-0.25, -0.2) is 0 Å². The predicted octanol–water partition coefficient (Wildman–Crippen LogP) is 0.983. The minimum atomic E-state index is -0.786. The Labute approximate surface area is 146 Å². The molecule has 1 aromatic rings. The van der Waals surface area contributed by atoms with Crippen LogP contribution >= 0.6 is 0 Å². The number of hydrogen-bond donors (Lipinski definition) is 2. The maximum Gasteiger partial charge on any atom is 0.267 e. The molecule has 3 amide bonds. The lowest BCUT2D eigenvalue weighted by atomic mass is 10.1. The second-order valence-corrected chi connectivity index (χ2v) is 6.66. The zero-order valence-corrected chi connectivity index (χ0v) is 14.5. The summed E-state index contributed by atoms with van der Waals surface area (Å²) in [6, 6.07) is 5.91. The smallest absolute Gasteiger partial charge is 0.267 e. The molecule has 0 aromatic heterocycles. The molecule has 25 heavy (non-hydrogen) atoms. The Hall–Kier alpha value is -2.41. The maximum atomic E-state index is 12.6. The minimum Gasteiger partial charge on any atom is -0.368 e. The summed E-state index contributed by atoms with van der Waals surface area (Å²) in [5.41, 5.74) is 7.67. The van der Waals surface area contributed by atoms with Crippen molar-refractivity contribution < 1.29 is 19.1 Å². The van der Waals surface area contributed by atoms with E-state index in [-0.39, 0.29) is 11.8 Å². The van der Waals surface area contributed by atoms with Crippen LogP contribution < -0.4 is 15.8 Å². The summed E-state index contributed by atoms with van der Waals surface area (Å²) in [5, 5.41) is 0. The van der Waals surface area contributed by atoms with Crippen LogP contribution in [0.15, 0.2) is 18.2 Å². The first-order valence-corrected chi connectivity index (χ1v) is 8.56. The average molecular weight is 345 g/mol. The highest BCUT2D eigenvalue weighted by molar-refractivity contribution is 6.09. The van der Waals surface area contributed by atoms with Crippen LogP contribution in [0.3, 0.4) is 0 Å². The third-order valence-corrected chi connectivity index (χ3v) is 4.57. The molecule has 2 aliphatic heterocycles. The first-order valence-electron chi connectivity index (χ1n) is 8.56. The van der Waals surface area contributed by atoms with Gasteiger partial charge in [0.1, 0.15) is 12.0 Å². The molecule has 2 N–H and O–H groups in total. The van der Waals surface area contributed by atoms with E-state index in [2.05, 4.69) is 10.9 Å². The highest BCUT2D eigenvalue weighted by Crippen LogP contribution is 2.27. The molecule has 7 nitrogen and oxygen atoms in total. The highest BCUT2D eigenvalue weighted by Gasteiger charge is 2.38. The molecule has 0 unspecified atom stereocenters. The monoisotopic (exact) mass is 345 g/mol. The lowest BCUT2D eigenvalue weighted by Crippen LogP contribution is -2.49. The average Bonchev–Trinajstić information content (AvgIpc) is 3.21. The molecular weight excluding hydrogens is 322 g/mol. The van der Waals surface area contributed by atoms with Gasteiger partial charge in [-0.05, 0) is 56.4 Å². The number of nitrogens with one attached hydrogen (secondary N) is 2. The predicted molar refractivity (Wildman–Crippen MR) is 91.6 cm³/mol. The van der Waals surface area contributed by atoms with Crippen molar-refractivity contribution in [1.82, 2.24) is 10.9 Å². The summed E-state index contributed by atoms with van der Waals surface area (Å²) in [6.07, 6.45) is 1.38. The van der Waals surface area contributed by atoms with Crippen molar-refractivity contribution in [3.8, 4) is 0 Å². The Morgan fingerprint density at radius 1 is 1.08 bits per heavy atom. The van der Waals surface area contributed by atoms with Gasteiger partial charge in [0, 0.05) is 18.8 Å². The van der Waals surface area contributed by atoms with E-state index < -0.39 is 17.9 Å². The molecule has 134 valence electrons. The number of hydrogen-bond acceptors (Lipinski definition) is 4. The second-order valence-electron chi connectivity index (χ2n) is 6.66. The van der Waals surface area contributed by atoms with Gasteiger partial charge in [-0.2, -0.15) is 0 Å². The summed E-state index contributed by atoms with van der Waals surface area (Å²) in [4.78, 5) is 38.4. The first kappa shape index (κ1) is 17.4. The van der Waals surface area contributed by atoms with E-state index in [4.69, 9.17) is 4.74 Å². The van der Waals surface area contributed by atoms with Crippen molar-refractivity contribution in [3.05, 3.63) is 29.3 Å². The quantitative estimate of drug-likeness (QED) is 0.631. The van der Waals surface area contributed by atoms with Gasteiger partial charge in [-0.15, -0.1) is 0 Å². The summed E-state index contributed by atoms with van der Waals surface area (Å²) in [6.45, 7) is 4.99. The van der Waals surface area contributed by atoms with Crippen molar-refractivity contribution >= 4 is 23.4 Å². The zero-order chi connectivity index (χ0) is 18.0. The number of rotatable bonds is 3. The Morgan fingerprint density at radius 3 is 2.40 bits per heavy atom. The standard InChI is InChI=1S/C18H23N3O4/c1-11-8-12(2)10-13(9-11)21-6-5-14(18(21)24)16(22)19-20-17(23)15-4-3-7-25-15/h8-10,14-15H,3-7H2,1-2H3,(H,19,22)(H,20,23)/t14-,15+/m0/s1. The first-order chi connectivity index (χ1) is 12.0. The highest BCUT2D eigenvalue weighted by atomic mass is 16.5. The van der Waals surface area contributed by atoms with Crippen molar-refractivity contribution in [2.24, 2.45) is 5.92 Å². The Bertz CT molecular complexity index is 677. The summed E-state index contributed by atoms with van der Waals surface area (Å²) < 4.78 is 5.25. The molecule has 3 rings (SSSR count). The SMILES string of the molecule is Cc1cc(C)cc(N2CC[C@@H](C(=O)NNC(=O)[C@H]3CCCO3)C2=O)c1. The molecule has 0 spiro atoms. The second kappa shape index (κ2) is 7.23. The van der Waals surface area contributed by atoms with Gasteiger partial charge in [0.25, 0.3) is 11.8 Å². The van der Waals surface area contributed by atoms with Crippen LogP contribution in [0.2, 0.25) is 0 Å². The van der Waals surface area contributed by atoms with Gasteiger partial charge < -0.3 is 9.64 Å². The van der Waals surface area contributed by atoms with Crippen molar-refractivity contribution in [1.29, 1.82) is 0 Å². The number of hydrazine groups is 1. The number of anilines is 1. The normalized spacial score (nSPS) is 23.0. The molecule has 2 atom stereocenters. The molecule has 0 aliphatic carbocycles. The Balaban J connectivity index is 1.59. The van der Waals surface area contributed by atoms with Crippen molar-refractivity contribution in [2.45, 2.75) is 39.2 Å². The number of aryl methyl sites for hydroxylation is 2. The zero-order valence-electron chi connectivity index (χ0n) is 14.5. The van der Waals surface area contributed by atoms with Crippen molar-refractivity contribution in [2.75, 3.05) is 18.1 Å². The number of amides is 3. The molecule has 2 heterocycles. The molecule has 0 bridgehead atoms. The number of benzene rings is 1. The fraction of sp³-hybridized carbons (Fsp3) is 0.500. The molecule has 1 aromatic carbocycles. The van der Waals surface area contributed by atoms with Gasteiger partial charge in [0.2, 0.25) is 5.91 Å². The summed E-state index contributed by atoms with van der Waals surface area (Å²) in [7, 11) is 0. The van der Waals surface area contributed by atoms with Crippen LogP contribution in [0.1, 0.15) is 30.4 Å². The van der Waals surface area contributed by atoms with E-state index in [1.54, 1.807) is 4.90 Å². The van der Waals surface area contributed by atoms with Gasteiger partial charge in [-0.1, -0.05) is 6.07 Å². The third kappa shape index (κ3) is 3.82. The molecule has 0 saturated carbocycles. The number of ether oxygens (including phenoxy) is 1. The van der Waals surface area contributed by atoms with Crippen LogP contribution in [0, 0.1) is 19.8 Å². The molecule has 2 aliphatic rings. The van der Waals surface area contributed by atoms with Gasteiger partial charge >= 0.3 is 0 Å². The Morgan fingerprint density at radius 2 is 1.76 bits per heavy atom. The van der Waals surface area contributed by atoms with Crippen LogP contribution in [0.25, 0.3) is 0 Å². The van der Waals surface area contributed by atoms with Gasteiger partial charge in [-0.3, -0.25) is 25.2 Å². The molecule has 0 radical (unpaired) electrons. The van der Waals surface area contributed by atoms with Crippen LogP contribution in [-0.4, -0.2) is 37.0 Å². The van der Waals surface area contributed by atoms with E-state index in [1.807, 2.05) is 32.0 Å². The number of carbonyl (C=O) groups excluding carboxylic acids is 3. The Kier molecular flexibility index (Phi) is 5.03. The molecule has 7 heteroatoms. The van der Waals surface area contributed by atoms with Crippen molar-refractivity contribution in [3.63, 3.8) is 0 Å². The molecular formula is C18H23N3O4. The van der Waals surface area contributed by atoms with Gasteiger partial charge in [0.05, 0.1) is 0 Å². The lowest BCUT2D eigenvalue weighted by Gasteiger charge is -2.18. The van der Waals surface area contributed by atoms with Gasteiger partial charge in [0.15, 0.2) is 0 Å². The molecule has 2 fully saturated rings. The van der Waals surface area contributed by atoms with Crippen LogP contribution in [0.5, 0.6) is 0 Å². The molecule has 2 saturated heterocycles. The minimum absolute atomic E-state index is 0.242. The van der Waals surface area contributed by atoms with Crippen LogP contribution in [0.4, 0.5) is 5.69 Å². The van der Waals surface area contributed by atoms with Crippen LogP contribution in [-0.2, 0) is 19.1 Å². The van der Waals surface area contributed by atoms with E-state index in [1.165, 1.54) is 0 Å². The number of nitrogens with zero attached hydrogens (tertiary/aromatic N) is 1. The third-order valence-electron chi connectivity index (χ3n) is 4.57. The number of carbonyl (C=O) groups is 3. The summed E-state index contributed by atoms with van der Waals surface area (Å²) >= 11 is 0. The fourth-order valence-corrected chi connectivity index (χ4v) is 3.36. The van der Waals surface area contributed by atoms with E-state index in [0.29, 0.717) is 26.0 Å². The van der Waals surface area contributed by atoms with E-state index in [0.717, 1.165) is 23.2 Å².